The van der Waals surface area contributed by atoms with Crippen molar-refractivity contribution in [2.24, 2.45) is 0 Å². The number of nitrogens with zero attached hydrogens (tertiary/aromatic N) is 4. The minimum atomic E-state index is 0.652. The van der Waals surface area contributed by atoms with Gasteiger partial charge in [0.1, 0.15) is 5.76 Å². The normalized spacial score (nSPS) is 11.1. The fraction of sp³-hybridized carbons (Fsp3) is 0.125. The molecule has 0 amide bonds. The molecule has 0 bridgehead atoms. The maximum atomic E-state index is 5.91. The standard InChI is InChI=1S/C24H20N4OS2/c1-17-20(25-23(29-17)19-11-6-3-7-12-19)16-31-24-27-26-22(21-13-8-14-30-21)28(24)15-18-9-4-2-5-10-18/h2-14H,15-16H2,1H3. The number of hydrogen-bond acceptors (Lipinski definition) is 6. The van der Waals surface area contributed by atoms with Crippen LogP contribution in [0.15, 0.2) is 87.8 Å². The van der Waals surface area contributed by atoms with E-state index >= 15 is 0 Å². The molecule has 0 fully saturated rings. The van der Waals surface area contributed by atoms with E-state index in [0.717, 1.165) is 39.4 Å². The average Bonchev–Trinajstić information content (AvgIpc) is 3.54. The van der Waals surface area contributed by atoms with Crippen LogP contribution in [0.4, 0.5) is 0 Å². The van der Waals surface area contributed by atoms with Crippen molar-refractivity contribution in [1.29, 1.82) is 0 Å². The zero-order valence-corrected chi connectivity index (χ0v) is 18.6. The first-order chi connectivity index (χ1) is 15.3. The Bertz CT molecular complexity index is 1260. The monoisotopic (exact) mass is 444 g/mol. The Morgan fingerprint density at radius 2 is 1.71 bits per heavy atom. The summed E-state index contributed by atoms with van der Waals surface area (Å²) in [5.74, 6) is 3.04. The van der Waals surface area contributed by atoms with Crippen molar-refractivity contribution in [2.75, 3.05) is 0 Å². The van der Waals surface area contributed by atoms with Crippen LogP contribution in [-0.4, -0.2) is 19.7 Å². The van der Waals surface area contributed by atoms with E-state index in [1.165, 1.54) is 5.56 Å². The molecule has 31 heavy (non-hydrogen) atoms. The minimum absolute atomic E-state index is 0.652. The SMILES string of the molecule is Cc1oc(-c2ccccc2)nc1CSc1nnc(-c2cccs2)n1Cc1ccccc1. The second kappa shape index (κ2) is 8.91. The van der Waals surface area contributed by atoms with Gasteiger partial charge in [0.15, 0.2) is 11.0 Å². The van der Waals surface area contributed by atoms with Gasteiger partial charge in [0.05, 0.1) is 17.1 Å². The molecular formula is C24H20N4OS2. The van der Waals surface area contributed by atoms with Crippen molar-refractivity contribution in [1.82, 2.24) is 19.7 Å². The predicted octanol–water partition coefficient (Wildman–Crippen LogP) is 6.31. The Kier molecular flexibility index (Phi) is 5.69. The van der Waals surface area contributed by atoms with Gasteiger partial charge in [0.2, 0.25) is 5.89 Å². The second-order valence-electron chi connectivity index (χ2n) is 7.03. The molecule has 5 rings (SSSR count). The average molecular weight is 445 g/mol. The van der Waals surface area contributed by atoms with E-state index in [-0.39, 0.29) is 0 Å². The summed E-state index contributed by atoms with van der Waals surface area (Å²) in [6.07, 6.45) is 0. The third-order valence-electron chi connectivity index (χ3n) is 4.89. The lowest BCUT2D eigenvalue weighted by atomic mass is 10.2. The first kappa shape index (κ1) is 19.8. The van der Waals surface area contributed by atoms with Crippen LogP contribution in [-0.2, 0) is 12.3 Å². The number of thioether (sulfide) groups is 1. The fourth-order valence-electron chi connectivity index (χ4n) is 3.29. The number of benzene rings is 2. The fourth-order valence-corrected chi connectivity index (χ4v) is 4.95. The third-order valence-corrected chi connectivity index (χ3v) is 6.74. The van der Waals surface area contributed by atoms with Gasteiger partial charge in [-0.3, -0.25) is 4.57 Å². The van der Waals surface area contributed by atoms with Crippen molar-refractivity contribution in [3.63, 3.8) is 0 Å². The summed E-state index contributed by atoms with van der Waals surface area (Å²) >= 11 is 3.30. The van der Waals surface area contributed by atoms with Crippen LogP contribution in [0, 0.1) is 6.92 Å². The van der Waals surface area contributed by atoms with Gasteiger partial charge in [-0.2, -0.15) is 0 Å². The van der Waals surface area contributed by atoms with Gasteiger partial charge in [-0.05, 0) is 36.1 Å². The van der Waals surface area contributed by atoms with Crippen LogP contribution in [0.3, 0.4) is 0 Å². The molecule has 3 aromatic heterocycles. The molecule has 5 aromatic rings. The molecule has 0 aliphatic heterocycles. The largest absolute Gasteiger partial charge is 0.441 e. The highest BCUT2D eigenvalue weighted by Crippen LogP contribution is 2.31. The van der Waals surface area contributed by atoms with Crippen LogP contribution < -0.4 is 0 Å². The summed E-state index contributed by atoms with van der Waals surface area (Å²) < 4.78 is 8.09. The van der Waals surface area contributed by atoms with Crippen molar-refractivity contribution >= 4 is 23.1 Å². The number of hydrogen-bond donors (Lipinski definition) is 0. The molecule has 0 aliphatic carbocycles. The van der Waals surface area contributed by atoms with Gasteiger partial charge < -0.3 is 4.42 Å². The summed E-state index contributed by atoms with van der Waals surface area (Å²) in [7, 11) is 0. The van der Waals surface area contributed by atoms with Gasteiger partial charge in [-0.1, -0.05) is 66.4 Å². The van der Waals surface area contributed by atoms with E-state index in [2.05, 4.69) is 50.5 Å². The van der Waals surface area contributed by atoms with Crippen LogP contribution in [0.5, 0.6) is 0 Å². The highest BCUT2D eigenvalue weighted by atomic mass is 32.2. The van der Waals surface area contributed by atoms with Crippen molar-refractivity contribution in [3.05, 3.63) is 95.2 Å². The maximum Gasteiger partial charge on any atom is 0.226 e. The highest BCUT2D eigenvalue weighted by Gasteiger charge is 2.18. The molecular weight excluding hydrogens is 424 g/mol. The topological polar surface area (TPSA) is 56.7 Å². The minimum Gasteiger partial charge on any atom is -0.441 e. The van der Waals surface area contributed by atoms with Gasteiger partial charge in [-0.25, -0.2) is 4.98 Å². The Morgan fingerprint density at radius 3 is 2.45 bits per heavy atom. The number of aryl methyl sites for hydroxylation is 1. The van der Waals surface area contributed by atoms with Crippen LogP contribution in [0.2, 0.25) is 0 Å². The zero-order valence-electron chi connectivity index (χ0n) is 16.9. The summed E-state index contributed by atoms with van der Waals surface area (Å²) in [5, 5.41) is 11.9. The van der Waals surface area contributed by atoms with Crippen LogP contribution in [0.1, 0.15) is 17.0 Å². The van der Waals surface area contributed by atoms with E-state index in [0.29, 0.717) is 11.6 Å². The van der Waals surface area contributed by atoms with Crippen molar-refractivity contribution in [3.8, 4) is 22.2 Å². The van der Waals surface area contributed by atoms with E-state index in [9.17, 15) is 0 Å². The van der Waals surface area contributed by atoms with Gasteiger partial charge in [-0.15, -0.1) is 21.5 Å². The van der Waals surface area contributed by atoms with E-state index < -0.39 is 0 Å². The molecule has 0 saturated heterocycles. The Morgan fingerprint density at radius 1 is 0.935 bits per heavy atom. The third kappa shape index (κ3) is 4.33. The zero-order chi connectivity index (χ0) is 21.0. The Balaban J connectivity index is 1.41. The first-order valence-corrected chi connectivity index (χ1v) is 11.8. The lowest BCUT2D eigenvalue weighted by Crippen LogP contribution is -2.03. The molecule has 0 radical (unpaired) electrons. The molecule has 2 aromatic carbocycles. The summed E-state index contributed by atoms with van der Waals surface area (Å²) in [5.41, 5.74) is 3.12. The summed E-state index contributed by atoms with van der Waals surface area (Å²) in [6.45, 7) is 2.68. The van der Waals surface area contributed by atoms with E-state index in [1.807, 2.05) is 49.4 Å². The lowest BCUT2D eigenvalue weighted by molar-refractivity contribution is 0.540. The Hall–Kier alpha value is -3.16. The second-order valence-corrected chi connectivity index (χ2v) is 8.92. The first-order valence-electron chi connectivity index (χ1n) is 9.93. The Labute approximate surface area is 188 Å². The maximum absolute atomic E-state index is 5.91. The molecule has 5 nitrogen and oxygen atoms in total. The molecule has 3 heterocycles. The number of aromatic nitrogens is 4. The summed E-state index contributed by atoms with van der Waals surface area (Å²) in [4.78, 5) is 5.83. The summed E-state index contributed by atoms with van der Waals surface area (Å²) in [6, 6.07) is 24.5. The predicted molar refractivity (Wildman–Crippen MR) is 125 cm³/mol. The number of oxazole rings is 1. The smallest absolute Gasteiger partial charge is 0.226 e. The number of thiophene rings is 1. The van der Waals surface area contributed by atoms with Crippen molar-refractivity contribution in [2.45, 2.75) is 24.4 Å². The van der Waals surface area contributed by atoms with Crippen LogP contribution in [0.25, 0.3) is 22.2 Å². The molecule has 0 saturated carbocycles. The molecule has 0 atom stereocenters. The highest BCUT2D eigenvalue weighted by molar-refractivity contribution is 7.98. The lowest BCUT2D eigenvalue weighted by Gasteiger charge is -2.09. The molecule has 0 N–H and O–H groups in total. The van der Waals surface area contributed by atoms with E-state index in [1.54, 1.807) is 23.1 Å². The van der Waals surface area contributed by atoms with E-state index in [4.69, 9.17) is 9.40 Å². The van der Waals surface area contributed by atoms with Gasteiger partial charge >= 0.3 is 0 Å². The molecule has 0 aliphatic rings. The molecule has 0 unspecified atom stereocenters. The number of rotatable bonds is 7. The van der Waals surface area contributed by atoms with Crippen LogP contribution >= 0.6 is 23.1 Å². The van der Waals surface area contributed by atoms with Gasteiger partial charge in [0.25, 0.3) is 0 Å². The molecule has 0 spiro atoms. The molecule has 154 valence electrons. The molecule has 7 heteroatoms. The van der Waals surface area contributed by atoms with Crippen molar-refractivity contribution < 1.29 is 4.42 Å². The van der Waals surface area contributed by atoms with Gasteiger partial charge in [0, 0.05) is 11.3 Å². The quantitative estimate of drug-likeness (QED) is 0.275.